The third kappa shape index (κ3) is 8.18. The van der Waals surface area contributed by atoms with E-state index in [0.29, 0.717) is 6.42 Å². The van der Waals surface area contributed by atoms with Gasteiger partial charge in [0.05, 0.1) is 13.7 Å². The van der Waals surface area contributed by atoms with E-state index in [1.807, 2.05) is 6.92 Å². The first-order valence-corrected chi connectivity index (χ1v) is 7.15. The van der Waals surface area contributed by atoms with Gasteiger partial charge in [0.1, 0.15) is 5.54 Å². The maximum atomic E-state index is 11.4. The fraction of sp³-hybridized carbons (Fsp3) is 0.929. The summed E-state index contributed by atoms with van der Waals surface area (Å²) in [7, 11) is 1.37. The van der Waals surface area contributed by atoms with E-state index < -0.39 is 5.54 Å². The highest BCUT2D eigenvalue weighted by Gasteiger charge is 2.28. The van der Waals surface area contributed by atoms with Crippen LogP contribution < -0.4 is 5.73 Å². The van der Waals surface area contributed by atoms with Gasteiger partial charge in [0, 0.05) is 13.2 Å². The van der Waals surface area contributed by atoms with Crippen LogP contribution in [0.3, 0.4) is 0 Å². The molecular weight excluding hydrogens is 244 g/mol. The lowest BCUT2D eigenvalue weighted by atomic mass is 9.96. The first-order valence-electron chi connectivity index (χ1n) is 7.15. The molecule has 0 aliphatic rings. The summed E-state index contributed by atoms with van der Waals surface area (Å²) in [6, 6.07) is 0. The Labute approximate surface area is 117 Å². The molecule has 1 atom stereocenters. The van der Waals surface area contributed by atoms with Crippen LogP contribution in [0.15, 0.2) is 0 Å². The van der Waals surface area contributed by atoms with Crippen LogP contribution in [0.25, 0.3) is 0 Å². The van der Waals surface area contributed by atoms with Crippen LogP contribution in [-0.4, -0.2) is 56.4 Å². The van der Waals surface area contributed by atoms with Crippen LogP contribution in [0.4, 0.5) is 0 Å². The topological polar surface area (TPSA) is 64.8 Å². The van der Waals surface area contributed by atoms with Gasteiger partial charge < -0.3 is 20.1 Å². The lowest BCUT2D eigenvalue weighted by molar-refractivity contribution is -0.146. The zero-order chi connectivity index (χ0) is 14.7. The second-order valence-electron chi connectivity index (χ2n) is 5.00. The van der Waals surface area contributed by atoms with Crippen molar-refractivity contribution in [3.05, 3.63) is 0 Å². The molecule has 0 aliphatic carbocycles. The molecule has 0 saturated heterocycles. The molecule has 0 aromatic rings. The molecular formula is C14H30N2O3. The van der Waals surface area contributed by atoms with E-state index in [1.54, 1.807) is 6.92 Å². The third-order valence-corrected chi connectivity index (χ3v) is 3.28. The Morgan fingerprint density at radius 1 is 1.26 bits per heavy atom. The Bertz CT molecular complexity index is 245. The summed E-state index contributed by atoms with van der Waals surface area (Å²) >= 11 is 0. The van der Waals surface area contributed by atoms with Crippen molar-refractivity contribution in [2.24, 2.45) is 5.73 Å². The molecule has 19 heavy (non-hydrogen) atoms. The van der Waals surface area contributed by atoms with Crippen LogP contribution in [0.2, 0.25) is 0 Å². The highest BCUT2D eigenvalue weighted by atomic mass is 16.5. The predicted octanol–water partition coefficient (Wildman–Crippen LogP) is 1.41. The molecule has 0 bridgehead atoms. The van der Waals surface area contributed by atoms with Gasteiger partial charge in [-0.15, -0.1) is 0 Å². The van der Waals surface area contributed by atoms with Gasteiger partial charge in [0.15, 0.2) is 0 Å². The maximum Gasteiger partial charge on any atom is 0.325 e. The molecule has 0 aromatic carbocycles. The summed E-state index contributed by atoms with van der Waals surface area (Å²) in [5.74, 6) is -0.337. The number of carbonyl (C=O) groups is 1. The Kier molecular flexibility index (Phi) is 9.83. The summed E-state index contributed by atoms with van der Waals surface area (Å²) in [4.78, 5) is 13.8. The van der Waals surface area contributed by atoms with E-state index in [9.17, 15) is 4.79 Å². The van der Waals surface area contributed by atoms with Crippen molar-refractivity contribution in [2.75, 3.05) is 40.0 Å². The van der Waals surface area contributed by atoms with Crippen molar-refractivity contribution in [3.8, 4) is 0 Å². The van der Waals surface area contributed by atoms with Crippen LogP contribution in [-0.2, 0) is 14.3 Å². The molecule has 0 aromatic heterocycles. The summed E-state index contributed by atoms with van der Waals surface area (Å²) < 4.78 is 10.0. The average molecular weight is 274 g/mol. The van der Waals surface area contributed by atoms with Gasteiger partial charge in [-0.1, -0.05) is 6.92 Å². The van der Waals surface area contributed by atoms with Crippen molar-refractivity contribution < 1.29 is 14.3 Å². The minimum absolute atomic E-state index is 0.337. The molecule has 0 spiro atoms. The summed E-state index contributed by atoms with van der Waals surface area (Å²) in [6.07, 6.45) is 2.61. The second-order valence-corrected chi connectivity index (χ2v) is 5.00. The van der Waals surface area contributed by atoms with Crippen LogP contribution in [0.1, 0.15) is 40.0 Å². The Hall–Kier alpha value is -0.650. The Balaban J connectivity index is 3.79. The first-order chi connectivity index (χ1) is 8.97. The maximum absolute atomic E-state index is 11.4. The number of carbonyl (C=O) groups excluding carboxylic acids is 1. The Morgan fingerprint density at radius 3 is 2.47 bits per heavy atom. The van der Waals surface area contributed by atoms with Crippen LogP contribution in [0, 0.1) is 0 Å². The van der Waals surface area contributed by atoms with E-state index in [1.165, 1.54) is 7.11 Å². The third-order valence-electron chi connectivity index (χ3n) is 3.28. The van der Waals surface area contributed by atoms with E-state index in [-0.39, 0.29) is 5.97 Å². The largest absolute Gasteiger partial charge is 0.468 e. The van der Waals surface area contributed by atoms with Gasteiger partial charge in [-0.25, -0.2) is 0 Å². The number of nitrogens with zero attached hydrogens (tertiary/aromatic N) is 1. The number of unbranched alkanes of at least 4 members (excludes halogenated alkanes) is 1. The normalized spacial score (nSPS) is 14.4. The first kappa shape index (κ1) is 18.4. The van der Waals surface area contributed by atoms with Crippen LogP contribution in [0.5, 0.6) is 0 Å². The molecule has 5 nitrogen and oxygen atoms in total. The number of ether oxygens (including phenoxy) is 2. The predicted molar refractivity (Wildman–Crippen MR) is 77.1 cm³/mol. The van der Waals surface area contributed by atoms with E-state index in [4.69, 9.17) is 10.5 Å². The molecule has 0 heterocycles. The second kappa shape index (κ2) is 10.2. The quantitative estimate of drug-likeness (QED) is 0.456. The Morgan fingerprint density at radius 2 is 1.95 bits per heavy atom. The fourth-order valence-corrected chi connectivity index (χ4v) is 1.93. The molecule has 0 fully saturated rings. The van der Waals surface area contributed by atoms with Gasteiger partial charge in [-0.2, -0.15) is 0 Å². The van der Waals surface area contributed by atoms with Crippen molar-refractivity contribution >= 4 is 5.97 Å². The molecule has 114 valence electrons. The highest BCUT2D eigenvalue weighted by Crippen LogP contribution is 2.12. The van der Waals surface area contributed by atoms with E-state index in [0.717, 1.165) is 45.7 Å². The zero-order valence-electron chi connectivity index (χ0n) is 12.9. The summed E-state index contributed by atoms with van der Waals surface area (Å²) in [6.45, 7) is 10.4. The van der Waals surface area contributed by atoms with Gasteiger partial charge in [0.2, 0.25) is 0 Å². The monoisotopic (exact) mass is 274 g/mol. The molecule has 2 N–H and O–H groups in total. The summed E-state index contributed by atoms with van der Waals surface area (Å²) in [5.41, 5.74) is 5.05. The molecule has 1 unspecified atom stereocenters. The van der Waals surface area contributed by atoms with Crippen molar-refractivity contribution in [2.45, 2.75) is 45.6 Å². The van der Waals surface area contributed by atoms with Crippen molar-refractivity contribution in [1.82, 2.24) is 4.90 Å². The molecule has 0 radical (unpaired) electrons. The lowest BCUT2D eigenvalue weighted by Crippen LogP contribution is -2.45. The lowest BCUT2D eigenvalue weighted by Gasteiger charge is -2.23. The number of likely N-dealkylation sites (N-methyl/N-ethyl adjacent to an activating group) is 1. The number of rotatable bonds is 11. The molecule has 0 rings (SSSR count). The van der Waals surface area contributed by atoms with Gasteiger partial charge in [-0.3, -0.25) is 4.79 Å². The minimum atomic E-state index is -0.864. The SMILES string of the molecule is CCOCCN(CC)CCCCC(C)(N)C(=O)OC. The highest BCUT2D eigenvalue weighted by molar-refractivity contribution is 5.79. The molecule has 0 aliphatic heterocycles. The van der Waals surface area contributed by atoms with Crippen molar-refractivity contribution in [1.29, 1.82) is 0 Å². The molecule has 5 heteroatoms. The molecule has 0 saturated carbocycles. The standard InChI is InChI=1S/C14H30N2O3/c1-5-16(11-12-19-6-2)10-8-7-9-14(3,15)13(17)18-4/h5-12,15H2,1-4H3. The number of methoxy groups -OCH3 is 1. The van der Waals surface area contributed by atoms with E-state index >= 15 is 0 Å². The van der Waals surface area contributed by atoms with E-state index in [2.05, 4.69) is 16.6 Å². The summed E-state index contributed by atoms with van der Waals surface area (Å²) in [5, 5.41) is 0. The van der Waals surface area contributed by atoms with Gasteiger partial charge in [-0.05, 0) is 46.2 Å². The minimum Gasteiger partial charge on any atom is -0.468 e. The number of hydrogen-bond acceptors (Lipinski definition) is 5. The number of hydrogen-bond donors (Lipinski definition) is 1. The smallest absolute Gasteiger partial charge is 0.325 e. The average Bonchev–Trinajstić information content (AvgIpc) is 2.40. The van der Waals surface area contributed by atoms with Gasteiger partial charge >= 0.3 is 5.97 Å². The number of esters is 1. The van der Waals surface area contributed by atoms with Gasteiger partial charge in [0.25, 0.3) is 0 Å². The zero-order valence-corrected chi connectivity index (χ0v) is 12.9. The molecule has 0 amide bonds. The van der Waals surface area contributed by atoms with Crippen molar-refractivity contribution in [3.63, 3.8) is 0 Å². The number of nitrogens with two attached hydrogens (primary N) is 1. The van der Waals surface area contributed by atoms with Crippen LogP contribution >= 0.6 is 0 Å². The fourth-order valence-electron chi connectivity index (χ4n) is 1.93.